The van der Waals surface area contributed by atoms with E-state index in [4.69, 9.17) is 0 Å². The summed E-state index contributed by atoms with van der Waals surface area (Å²) in [6.07, 6.45) is 7.26. The summed E-state index contributed by atoms with van der Waals surface area (Å²) >= 11 is 0. The van der Waals surface area contributed by atoms with Gasteiger partial charge in [-0.3, -0.25) is 0 Å². The summed E-state index contributed by atoms with van der Waals surface area (Å²) in [5.74, 6) is 2.11. The van der Waals surface area contributed by atoms with Crippen molar-refractivity contribution in [2.24, 2.45) is 22.7 Å². The lowest BCUT2D eigenvalue weighted by Gasteiger charge is -2.28. The van der Waals surface area contributed by atoms with E-state index in [2.05, 4.69) is 13.8 Å². The van der Waals surface area contributed by atoms with Crippen molar-refractivity contribution in [3.63, 3.8) is 0 Å². The predicted octanol–water partition coefficient (Wildman–Crippen LogP) is 3.84. The molecule has 0 radical (unpaired) electrons. The van der Waals surface area contributed by atoms with Crippen LogP contribution in [0.15, 0.2) is 22.3 Å². The van der Waals surface area contributed by atoms with Gasteiger partial charge in [-0.25, -0.2) is 0 Å². The third kappa shape index (κ3) is 0.502. The van der Waals surface area contributed by atoms with Gasteiger partial charge in [0.1, 0.15) is 0 Å². The Morgan fingerprint density at radius 1 is 1.40 bits per heavy atom. The summed E-state index contributed by atoms with van der Waals surface area (Å²) in [7, 11) is 0. The lowest BCUT2D eigenvalue weighted by Crippen LogP contribution is -2.20. The van der Waals surface area contributed by atoms with Crippen LogP contribution in [0.5, 0.6) is 0 Å². The van der Waals surface area contributed by atoms with Crippen molar-refractivity contribution < 1.29 is 0 Å². The number of rotatable bonds is 2. The standard InChI is InChI=1S/C15H18/c1-3-8-6-10-11(8)12(10)15-5-4-9-7-14(15,2)13(9)15/h10,12H,3-7H2,1-2H3. The van der Waals surface area contributed by atoms with Gasteiger partial charge in [0, 0.05) is 10.8 Å². The maximum absolute atomic E-state index is 2.55. The van der Waals surface area contributed by atoms with Gasteiger partial charge in [-0.1, -0.05) is 36.1 Å². The molecule has 0 bridgehead atoms. The number of hydrogen-bond acceptors (Lipinski definition) is 0. The summed E-state index contributed by atoms with van der Waals surface area (Å²) < 4.78 is 0. The smallest absolute Gasteiger partial charge is 0.00892 e. The molecule has 0 N–H and O–H groups in total. The van der Waals surface area contributed by atoms with Crippen molar-refractivity contribution in [3.05, 3.63) is 22.3 Å². The Morgan fingerprint density at radius 3 is 2.80 bits per heavy atom. The van der Waals surface area contributed by atoms with Crippen molar-refractivity contribution in [1.82, 2.24) is 0 Å². The Labute approximate surface area is 91.4 Å². The van der Waals surface area contributed by atoms with Crippen LogP contribution in [-0.2, 0) is 0 Å². The van der Waals surface area contributed by atoms with Crippen molar-refractivity contribution >= 4 is 0 Å². The molecule has 4 atom stereocenters. The fourth-order valence-corrected chi connectivity index (χ4v) is 5.89. The first kappa shape index (κ1) is 7.70. The highest BCUT2D eigenvalue weighted by atomic mass is 14.9. The topological polar surface area (TPSA) is 0 Å². The van der Waals surface area contributed by atoms with Crippen LogP contribution >= 0.6 is 0 Å². The summed E-state index contributed by atoms with van der Waals surface area (Å²) in [5.41, 5.74) is 9.07. The highest BCUT2D eigenvalue weighted by Crippen LogP contribution is 2.93. The summed E-state index contributed by atoms with van der Waals surface area (Å²) in [6, 6.07) is 0. The van der Waals surface area contributed by atoms with Gasteiger partial charge in [-0.2, -0.15) is 0 Å². The molecule has 78 valence electrons. The van der Waals surface area contributed by atoms with Gasteiger partial charge >= 0.3 is 0 Å². The molecule has 0 aliphatic heterocycles. The van der Waals surface area contributed by atoms with Gasteiger partial charge in [0.15, 0.2) is 0 Å². The second-order valence-electron chi connectivity index (χ2n) is 6.66. The maximum atomic E-state index is 2.55. The Kier molecular flexibility index (Phi) is 0.907. The molecule has 0 aromatic rings. The maximum Gasteiger partial charge on any atom is 0.00892 e. The van der Waals surface area contributed by atoms with Crippen LogP contribution in [-0.4, -0.2) is 0 Å². The van der Waals surface area contributed by atoms with Crippen LogP contribution in [0, 0.1) is 22.7 Å². The van der Waals surface area contributed by atoms with Crippen LogP contribution < -0.4 is 0 Å². The quantitative estimate of drug-likeness (QED) is 0.591. The first-order valence-electron chi connectivity index (χ1n) is 6.69. The van der Waals surface area contributed by atoms with Crippen LogP contribution in [0.1, 0.15) is 46.0 Å². The first-order chi connectivity index (χ1) is 7.24. The third-order valence-corrected chi connectivity index (χ3v) is 6.52. The molecular weight excluding hydrogens is 180 g/mol. The number of hydrogen-bond donors (Lipinski definition) is 0. The molecule has 5 rings (SSSR count). The molecule has 4 unspecified atom stereocenters. The van der Waals surface area contributed by atoms with Crippen molar-refractivity contribution in [1.29, 1.82) is 0 Å². The predicted molar refractivity (Wildman–Crippen MR) is 60.3 cm³/mol. The second kappa shape index (κ2) is 1.77. The molecule has 5 aliphatic carbocycles. The molecule has 0 saturated heterocycles. The van der Waals surface area contributed by atoms with E-state index in [1.165, 1.54) is 32.1 Å². The Morgan fingerprint density at radius 2 is 2.27 bits per heavy atom. The molecule has 2 saturated carbocycles. The van der Waals surface area contributed by atoms with Crippen LogP contribution in [0.2, 0.25) is 0 Å². The molecule has 15 heavy (non-hydrogen) atoms. The van der Waals surface area contributed by atoms with E-state index < -0.39 is 0 Å². The first-order valence-corrected chi connectivity index (χ1v) is 6.69. The van der Waals surface area contributed by atoms with E-state index in [-0.39, 0.29) is 0 Å². The minimum absolute atomic E-state index is 0.717. The van der Waals surface area contributed by atoms with Crippen LogP contribution in [0.4, 0.5) is 0 Å². The van der Waals surface area contributed by atoms with Crippen LogP contribution in [0.3, 0.4) is 0 Å². The number of allylic oxidation sites excluding steroid dienone is 4. The monoisotopic (exact) mass is 198 g/mol. The van der Waals surface area contributed by atoms with Gasteiger partial charge in [-0.15, -0.1) is 0 Å². The molecule has 0 heteroatoms. The molecule has 0 heterocycles. The lowest BCUT2D eigenvalue weighted by atomic mass is 9.75. The van der Waals surface area contributed by atoms with E-state index in [0.29, 0.717) is 5.41 Å². The Balaban J connectivity index is 1.61. The number of fused-ring (bicyclic) bond motifs is 2. The normalized spacial score (nSPS) is 57.2. The zero-order valence-electron chi connectivity index (χ0n) is 9.69. The Hall–Kier alpha value is -0.520. The minimum atomic E-state index is 0.717. The Bertz CT molecular complexity index is 478. The van der Waals surface area contributed by atoms with E-state index >= 15 is 0 Å². The molecule has 0 nitrogen and oxygen atoms in total. The van der Waals surface area contributed by atoms with Crippen molar-refractivity contribution in [2.45, 2.75) is 46.0 Å². The van der Waals surface area contributed by atoms with Crippen molar-refractivity contribution in [2.75, 3.05) is 0 Å². The summed E-state index contributed by atoms with van der Waals surface area (Å²) in [5, 5.41) is 0. The fraction of sp³-hybridized carbons (Fsp3) is 0.733. The van der Waals surface area contributed by atoms with E-state index in [0.717, 1.165) is 17.3 Å². The molecule has 5 aliphatic rings. The average molecular weight is 198 g/mol. The zero-order chi connectivity index (χ0) is 10.00. The van der Waals surface area contributed by atoms with Crippen LogP contribution in [0.25, 0.3) is 0 Å². The molecular formula is C15H18. The highest BCUT2D eigenvalue weighted by Gasteiger charge is 2.84. The van der Waals surface area contributed by atoms with E-state index in [1.54, 1.807) is 0 Å². The van der Waals surface area contributed by atoms with Gasteiger partial charge in [0.05, 0.1) is 0 Å². The zero-order valence-corrected chi connectivity index (χ0v) is 9.69. The fourth-order valence-electron chi connectivity index (χ4n) is 5.89. The molecule has 0 aromatic carbocycles. The van der Waals surface area contributed by atoms with E-state index in [9.17, 15) is 0 Å². The van der Waals surface area contributed by atoms with Gasteiger partial charge in [0.2, 0.25) is 0 Å². The SMILES string of the molecule is CCC1=C2C(C1)C2C12CCC3=C1C2(C)C3. The highest BCUT2D eigenvalue weighted by molar-refractivity contribution is 5.68. The molecule has 0 amide bonds. The molecule has 2 fully saturated rings. The van der Waals surface area contributed by atoms with Gasteiger partial charge < -0.3 is 0 Å². The summed E-state index contributed by atoms with van der Waals surface area (Å²) in [4.78, 5) is 0. The minimum Gasteiger partial charge on any atom is -0.0700 e. The second-order valence-corrected chi connectivity index (χ2v) is 6.66. The van der Waals surface area contributed by atoms with Gasteiger partial charge in [-0.05, 0) is 43.9 Å². The van der Waals surface area contributed by atoms with Gasteiger partial charge in [0.25, 0.3) is 0 Å². The largest absolute Gasteiger partial charge is 0.0700 e. The average Bonchev–Trinajstić information content (AvgIpc) is 2.81. The lowest BCUT2D eigenvalue weighted by molar-refractivity contribution is 0.263. The van der Waals surface area contributed by atoms with E-state index in [1.807, 2.05) is 22.3 Å². The van der Waals surface area contributed by atoms with Crippen molar-refractivity contribution in [3.8, 4) is 0 Å². The summed E-state index contributed by atoms with van der Waals surface area (Å²) in [6.45, 7) is 4.89. The molecule has 0 aromatic heterocycles. The third-order valence-electron chi connectivity index (χ3n) is 6.52. The molecule has 0 spiro atoms.